The minimum atomic E-state index is 0.120. The summed E-state index contributed by atoms with van der Waals surface area (Å²) in [6.45, 7) is 8.28. The molecule has 100 valence electrons. The van der Waals surface area contributed by atoms with Crippen LogP contribution < -0.4 is 10.6 Å². The van der Waals surface area contributed by atoms with Gasteiger partial charge in [-0.05, 0) is 31.9 Å². The Morgan fingerprint density at radius 2 is 1.89 bits per heavy atom. The average molecular weight is 248 g/mol. The molecular weight excluding hydrogens is 224 g/mol. The zero-order valence-corrected chi connectivity index (χ0v) is 11.6. The summed E-state index contributed by atoms with van der Waals surface area (Å²) in [4.78, 5) is 2.41. The molecule has 1 heterocycles. The Morgan fingerprint density at radius 1 is 1.28 bits per heavy atom. The molecule has 3 atom stereocenters. The van der Waals surface area contributed by atoms with Crippen molar-refractivity contribution in [3.8, 4) is 0 Å². The first kappa shape index (κ1) is 13.4. The van der Waals surface area contributed by atoms with E-state index < -0.39 is 0 Å². The molecule has 3 nitrogen and oxygen atoms in total. The summed E-state index contributed by atoms with van der Waals surface area (Å²) in [5, 5.41) is 0. The largest absolute Gasteiger partial charge is 0.372 e. The molecule has 2 unspecified atom stereocenters. The Bertz CT molecular complexity index is 384. The highest BCUT2D eigenvalue weighted by molar-refractivity contribution is 5.55. The predicted molar refractivity (Wildman–Crippen MR) is 75.9 cm³/mol. The first-order valence-corrected chi connectivity index (χ1v) is 6.86. The quantitative estimate of drug-likeness (QED) is 0.894. The van der Waals surface area contributed by atoms with Crippen LogP contribution in [0.2, 0.25) is 0 Å². The Kier molecular flexibility index (Phi) is 4.25. The van der Waals surface area contributed by atoms with Gasteiger partial charge in [-0.15, -0.1) is 0 Å². The van der Waals surface area contributed by atoms with Gasteiger partial charge in [-0.3, -0.25) is 0 Å². The van der Waals surface area contributed by atoms with Crippen molar-refractivity contribution in [2.75, 3.05) is 18.0 Å². The molecule has 1 aliphatic heterocycles. The van der Waals surface area contributed by atoms with Gasteiger partial charge in [-0.25, -0.2) is 0 Å². The monoisotopic (exact) mass is 248 g/mol. The van der Waals surface area contributed by atoms with E-state index in [1.807, 2.05) is 0 Å². The number of para-hydroxylation sites is 1. The lowest BCUT2D eigenvalue weighted by Crippen LogP contribution is -2.46. The third-order valence-corrected chi connectivity index (χ3v) is 3.54. The highest BCUT2D eigenvalue weighted by atomic mass is 16.5. The summed E-state index contributed by atoms with van der Waals surface area (Å²) in [6, 6.07) is 8.60. The summed E-state index contributed by atoms with van der Waals surface area (Å²) in [5.74, 6) is 0. The van der Waals surface area contributed by atoms with Gasteiger partial charge in [0.2, 0.25) is 0 Å². The molecule has 0 saturated carbocycles. The maximum atomic E-state index is 6.21. The van der Waals surface area contributed by atoms with Crippen LogP contribution in [-0.2, 0) is 4.74 Å². The van der Waals surface area contributed by atoms with Crippen molar-refractivity contribution in [3.63, 3.8) is 0 Å². The molecule has 1 aromatic carbocycles. The molecule has 2 rings (SSSR count). The van der Waals surface area contributed by atoms with Crippen molar-refractivity contribution in [2.45, 2.75) is 45.4 Å². The van der Waals surface area contributed by atoms with Crippen molar-refractivity contribution in [1.29, 1.82) is 0 Å². The van der Waals surface area contributed by atoms with Gasteiger partial charge >= 0.3 is 0 Å². The second-order valence-corrected chi connectivity index (χ2v) is 5.24. The van der Waals surface area contributed by atoms with E-state index in [1.165, 1.54) is 11.3 Å². The number of anilines is 1. The second-order valence-electron chi connectivity index (χ2n) is 5.24. The van der Waals surface area contributed by atoms with Crippen molar-refractivity contribution in [2.24, 2.45) is 5.73 Å². The van der Waals surface area contributed by atoms with E-state index in [9.17, 15) is 0 Å². The minimum absolute atomic E-state index is 0.120. The lowest BCUT2D eigenvalue weighted by Gasteiger charge is -2.38. The molecule has 1 fully saturated rings. The molecule has 0 spiro atoms. The number of rotatable bonds is 3. The number of benzene rings is 1. The van der Waals surface area contributed by atoms with Crippen LogP contribution >= 0.6 is 0 Å². The highest BCUT2D eigenvalue weighted by Gasteiger charge is 2.24. The molecule has 0 aliphatic carbocycles. The lowest BCUT2D eigenvalue weighted by molar-refractivity contribution is -0.00528. The maximum absolute atomic E-state index is 6.21. The summed E-state index contributed by atoms with van der Waals surface area (Å²) in [6.07, 6.45) is 1.52. The average Bonchev–Trinajstić information content (AvgIpc) is 2.36. The standard InChI is InChI=1S/C15H24N2O/c1-4-14(16)13-7-5-6-8-15(13)17-9-11(2)18-12(3)10-17/h5-8,11-12,14H,4,9-10,16H2,1-3H3/t11?,12?,14-/m0/s1. The minimum Gasteiger partial charge on any atom is -0.372 e. The smallest absolute Gasteiger partial charge is 0.0726 e. The number of morpholine rings is 1. The van der Waals surface area contributed by atoms with Crippen molar-refractivity contribution in [3.05, 3.63) is 29.8 Å². The third kappa shape index (κ3) is 2.85. The Balaban J connectivity index is 2.26. The van der Waals surface area contributed by atoms with Crippen LogP contribution in [0.3, 0.4) is 0 Å². The van der Waals surface area contributed by atoms with E-state index in [2.05, 4.69) is 49.9 Å². The Labute approximate surface area is 110 Å². The molecule has 0 amide bonds. The molecule has 0 bridgehead atoms. The molecule has 1 aromatic rings. The van der Waals surface area contributed by atoms with Crippen molar-refractivity contribution < 1.29 is 4.74 Å². The van der Waals surface area contributed by atoms with Gasteiger partial charge in [0.25, 0.3) is 0 Å². The van der Waals surface area contributed by atoms with Gasteiger partial charge in [0.05, 0.1) is 12.2 Å². The van der Waals surface area contributed by atoms with Crippen molar-refractivity contribution >= 4 is 5.69 Å². The zero-order chi connectivity index (χ0) is 13.1. The summed E-state index contributed by atoms with van der Waals surface area (Å²) in [5.41, 5.74) is 8.74. The van der Waals surface area contributed by atoms with Crippen LogP contribution in [0, 0.1) is 0 Å². The van der Waals surface area contributed by atoms with Crippen LogP contribution in [0.25, 0.3) is 0 Å². The van der Waals surface area contributed by atoms with E-state index in [4.69, 9.17) is 10.5 Å². The van der Waals surface area contributed by atoms with Gasteiger partial charge in [0.15, 0.2) is 0 Å². The maximum Gasteiger partial charge on any atom is 0.0726 e. The number of hydrogen-bond donors (Lipinski definition) is 1. The molecular formula is C15H24N2O. The normalized spacial score (nSPS) is 26.1. The van der Waals surface area contributed by atoms with E-state index in [-0.39, 0.29) is 18.2 Å². The molecule has 0 radical (unpaired) electrons. The van der Waals surface area contributed by atoms with E-state index in [1.54, 1.807) is 0 Å². The summed E-state index contributed by atoms with van der Waals surface area (Å²) >= 11 is 0. The molecule has 0 aromatic heterocycles. The number of ether oxygens (including phenoxy) is 1. The molecule has 2 N–H and O–H groups in total. The van der Waals surface area contributed by atoms with Crippen LogP contribution in [0.15, 0.2) is 24.3 Å². The van der Waals surface area contributed by atoms with Gasteiger partial charge in [0.1, 0.15) is 0 Å². The van der Waals surface area contributed by atoms with E-state index in [0.717, 1.165) is 19.5 Å². The van der Waals surface area contributed by atoms with Gasteiger partial charge in [-0.1, -0.05) is 25.1 Å². The van der Waals surface area contributed by atoms with Crippen LogP contribution in [0.5, 0.6) is 0 Å². The van der Waals surface area contributed by atoms with Gasteiger partial charge < -0.3 is 15.4 Å². The van der Waals surface area contributed by atoms with Crippen LogP contribution in [-0.4, -0.2) is 25.3 Å². The molecule has 1 aliphatic rings. The van der Waals surface area contributed by atoms with E-state index >= 15 is 0 Å². The van der Waals surface area contributed by atoms with Gasteiger partial charge in [0, 0.05) is 24.8 Å². The van der Waals surface area contributed by atoms with Crippen molar-refractivity contribution in [1.82, 2.24) is 0 Å². The number of hydrogen-bond acceptors (Lipinski definition) is 3. The Hall–Kier alpha value is -1.06. The summed E-state index contributed by atoms with van der Waals surface area (Å²) < 4.78 is 5.79. The molecule has 1 saturated heterocycles. The highest BCUT2D eigenvalue weighted by Crippen LogP contribution is 2.29. The van der Waals surface area contributed by atoms with Crippen LogP contribution in [0.1, 0.15) is 38.8 Å². The summed E-state index contributed by atoms with van der Waals surface area (Å²) in [7, 11) is 0. The fraction of sp³-hybridized carbons (Fsp3) is 0.600. The number of nitrogens with zero attached hydrogens (tertiary/aromatic N) is 1. The third-order valence-electron chi connectivity index (χ3n) is 3.54. The predicted octanol–water partition coefficient (Wildman–Crippen LogP) is 2.71. The van der Waals surface area contributed by atoms with Gasteiger partial charge in [-0.2, -0.15) is 0 Å². The first-order chi connectivity index (χ1) is 8.61. The SMILES string of the molecule is CC[C@H](N)c1ccccc1N1CC(C)OC(C)C1. The number of nitrogens with two attached hydrogens (primary N) is 1. The van der Waals surface area contributed by atoms with E-state index in [0.29, 0.717) is 0 Å². The molecule has 18 heavy (non-hydrogen) atoms. The fourth-order valence-electron chi connectivity index (χ4n) is 2.68. The topological polar surface area (TPSA) is 38.5 Å². The first-order valence-electron chi connectivity index (χ1n) is 6.86. The lowest BCUT2D eigenvalue weighted by atomic mass is 10.0. The molecule has 3 heteroatoms. The van der Waals surface area contributed by atoms with Crippen LogP contribution in [0.4, 0.5) is 5.69 Å². The zero-order valence-electron chi connectivity index (χ0n) is 11.6. The Morgan fingerprint density at radius 3 is 2.50 bits per heavy atom. The second kappa shape index (κ2) is 5.72. The fourth-order valence-corrected chi connectivity index (χ4v) is 2.68.